The number of aliphatic hydroxyl groups excluding tert-OH is 1. The van der Waals surface area contributed by atoms with Crippen LogP contribution in [0, 0.1) is 0 Å². The monoisotopic (exact) mass is 536 g/mol. The van der Waals surface area contributed by atoms with Gasteiger partial charge in [0.05, 0.1) is 12.1 Å². The number of thiol groups is 1. The van der Waals surface area contributed by atoms with Crippen molar-refractivity contribution in [3.63, 3.8) is 0 Å². The van der Waals surface area contributed by atoms with Crippen molar-refractivity contribution >= 4 is 53.1 Å². The van der Waals surface area contributed by atoms with Crippen LogP contribution in [0.2, 0.25) is 0 Å². The molecule has 5 unspecified atom stereocenters. The molecule has 1 aromatic heterocycles. The number of aliphatic hydroxyl groups is 1. The lowest BCUT2D eigenvalue weighted by Crippen LogP contribution is -2.60. The molecule has 202 valence electrons. The first kappa shape index (κ1) is 29.6. The third kappa shape index (κ3) is 8.48. The lowest BCUT2D eigenvalue weighted by Gasteiger charge is -2.26. The number of amides is 4. The minimum atomic E-state index is -1.49. The number of hydrogen-bond acceptors (Lipinski definition) is 8. The van der Waals surface area contributed by atoms with Gasteiger partial charge in [-0.1, -0.05) is 18.2 Å². The zero-order chi connectivity index (χ0) is 27.7. The van der Waals surface area contributed by atoms with E-state index >= 15 is 0 Å². The van der Waals surface area contributed by atoms with Crippen molar-refractivity contribution in [1.29, 1.82) is 0 Å². The molecule has 10 N–H and O–H groups in total. The number of carbonyl (C=O) groups excluding carboxylic acids is 4. The number of aromatic nitrogens is 1. The van der Waals surface area contributed by atoms with Crippen molar-refractivity contribution in [2.75, 3.05) is 5.75 Å². The smallest absolute Gasteiger partial charge is 0.327 e. The Kier molecular flexibility index (Phi) is 10.9. The second-order valence-electron chi connectivity index (χ2n) is 8.55. The van der Waals surface area contributed by atoms with Crippen LogP contribution < -0.4 is 27.4 Å². The van der Waals surface area contributed by atoms with E-state index in [0.29, 0.717) is 0 Å². The molecular formula is C23H32N6O7S. The van der Waals surface area contributed by atoms with Crippen molar-refractivity contribution < 1.29 is 34.2 Å². The SMILES string of the molecule is CC(O)C(NC(=O)C(N)Cc1c[nH]c2ccccc12)C(=O)NC(CCC(N)=O)C(=O)NC(CS)C(=O)O. The van der Waals surface area contributed by atoms with E-state index in [1.54, 1.807) is 6.20 Å². The number of benzene rings is 1. The molecule has 13 nitrogen and oxygen atoms in total. The van der Waals surface area contributed by atoms with Crippen molar-refractivity contribution in [3.05, 3.63) is 36.0 Å². The summed E-state index contributed by atoms with van der Waals surface area (Å²) in [5.41, 5.74) is 12.9. The molecule has 14 heteroatoms. The summed E-state index contributed by atoms with van der Waals surface area (Å²) in [6, 6.07) is 2.17. The van der Waals surface area contributed by atoms with Crippen LogP contribution in [-0.4, -0.2) is 80.8 Å². The van der Waals surface area contributed by atoms with E-state index in [1.165, 1.54) is 6.92 Å². The summed E-state index contributed by atoms with van der Waals surface area (Å²) in [5.74, 6) is -4.88. The van der Waals surface area contributed by atoms with Crippen LogP contribution in [0.15, 0.2) is 30.5 Å². The number of carboxylic acids is 1. The van der Waals surface area contributed by atoms with Gasteiger partial charge in [-0.3, -0.25) is 19.2 Å². The van der Waals surface area contributed by atoms with Crippen LogP contribution in [0.4, 0.5) is 0 Å². The number of H-pyrrole nitrogens is 1. The molecule has 0 radical (unpaired) electrons. The average molecular weight is 537 g/mol. The van der Waals surface area contributed by atoms with E-state index in [9.17, 15) is 29.1 Å². The first-order chi connectivity index (χ1) is 17.4. The highest BCUT2D eigenvalue weighted by Crippen LogP contribution is 2.18. The average Bonchev–Trinajstić information content (AvgIpc) is 3.25. The van der Waals surface area contributed by atoms with E-state index in [4.69, 9.17) is 16.6 Å². The predicted molar refractivity (Wildman–Crippen MR) is 137 cm³/mol. The Morgan fingerprint density at radius 1 is 1.03 bits per heavy atom. The molecule has 0 spiro atoms. The lowest BCUT2D eigenvalue weighted by atomic mass is 10.0. The number of primary amides is 1. The number of nitrogens with two attached hydrogens (primary N) is 2. The quantitative estimate of drug-likeness (QED) is 0.124. The fourth-order valence-electron chi connectivity index (χ4n) is 3.57. The van der Waals surface area contributed by atoms with Gasteiger partial charge in [0.15, 0.2) is 0 Å². The molecule has 0 aliphatic rings. The summed E-state index contributed by atoms with van der Waals surface area (Å²) in [4.78, 5) is 63.9. The standard InChI is InChI=1S/C23H32N6O7S/c1-11(30)19(29-20(32)14(24)8-12-9-26-15-5-3-2-4-13(12)15)22(34)27-16(6-7-18(25)31)21(33)28-17(10-37)23(35)36/h2-5,9,11,14,16-17,19,26,30,37H,6-8,10,24H2,1H3,(H2,25,31)(H,27,34)(H,28,33)(H,29,32)(H,35,36). The van der Waals surface area contributed by atoms with Crippen LogP contribution in [0.25, 0.3) is 10.9 Å². The fraction of sp³-hybridized carbons (Fsp3) is 0.435. The fourth-order valence-corrected chi connectivity index (χ4v) is 3.82. The summed E-state index contributed by atoms with van der Waals surface area (Å²) in [7, 11) is 0. The maximum absolute atomic E-state index is 12.9. The highest BCUT2D eigenvalue weighted by Gasteiger charge is 2.32. The number of carbonyl (C=O) groups is 5. The third-order valence-corrected chi connectivity index (χ3v) is 5.99. The van der Waals surface area contributed by atoms with Crippen molar-refractivity contribution in [3.8, 4) is 0 Å². The first-order valence-electron chi connectivity index (χ1n) is 11.5. The van der Waals surface area contributed by atoms with E-state index < -0.39 is 59.9 Å². The molecule has 0 fully saturated rings. The van der Waals surface area contributed by atoms with E-state index in [0.717, 1.165) is 16.5 Å². The van der Waals surface area contributed by atoms with E-state index in [2.05, 4.69) is 33.6 Å². The van der Waals surface area contributed by atoms with Gasteiger partial charge in [-0.2, -0.15) is 12.6 Å². The number of hydrogen-bond donors (Lipinski definition) is 9. The van der Waals surface area contributed by atoms with Crippen molar-refractivity contribution in [1.82, 2.24) is 20.9 Å². The second-order valence-corrected chi connectivity index (χ2v) is 8.91. The van der Waals surface area contributed by atoms with Crippen LogP contribution in [0.5, 0.6) is 0 Å². The Labute approximate surface area is 218 Å². The van der Waals surface area contributed by atoms with Crippen LogP contribution >= 0.6 is 12.6 Å². The largest absolute Gasteiger partial charge is 0.480 e. The van der Waals surface area contributed by atoms with Gasteiger partial charge in [0.1, 0.15) is 18.1 Å². The Morgan fingerprint density at radius 3 is 2.27 bits per heavy atom. The molecule has 2 aromatic rings. The topological polar surface area (TPSA) is 230 Å². The van der Waals surface area contributed by atoms with Gasteiger partial charge in [0.2, 0.25) is 23.6 Å². The number of nitrogens with one attached hydrogen (secondary N) is 4. The molecular weight excluding hydrogens is 504 g/mol. The molecule has 0 aliphatic carbocycles. The Balaban J connectivity index is 2.10. The number of carboxylic acid groups (broad SMARTS) is 1. The molecule has 2 rings (SSSR count). The highest BCUT2D eigenvalue weighted by molar-refractivity contribution is 7.80. The molecule has 0 saturated carbocycles. The summed E-state index contributed by atoms with van der Waals surface area (Å²) >= 11 is 3.87. The van der Waals surface area contributed by atoms with Gasteiger partial charge in [-0.05, 0) is 31.4 Å². The van der Waals surface area contributed by atoms with Gasteiger partial charge in [-0.25, -0.2) is 4.79 Å². The van der Waals surface area contributed by atoms with E-state index in [1.807, 2.05) is 24.3 Å². The van der Waals surface area contributed by atoms with Crippen LogP contribution in [-0.2, 0) is 30.4 Å². The molecule has 0 saturated heterocycles. The molecule has 0 bridgehead atoms. The van der Waals surface area contributed by atoms with Gasteiger partial charge in [-0.15, -0.1) is 0 Å². The number of para-hydroxylation sites is 1. The molecule has 37 heavy (non-hydrogen) atoms. The second kappa shape index (κ2) is 13.6. The normalized spacial score (nSPS) is 15.1. The number of aliphatic carboxylic acids is 1. The minimum absolute atomic E-state index is 0.147. The van der Waals surface area contributed by atoms with Gasteiger partial charge < -0.3 is 42.6 Å². The maximum Gasteiger partial charge on any atom is 0.327 e. The molecule has 1 heterocycles. The van der Waals surface area contributed by atoms with E-state index in [-0.39, 0.29) is 25.0 Å². The van der Waals surface area contributed by atoms with Gasteiger partial charge >= 0.3 is 5.97 Å². The minimum Gasteiger partial charge on any atom is -0.480 e. The first-order valence-corrected chi connectivity index (χ1v) is 12.1. The lowest BCUT2D eigenvalue weighted by molar-refractivity contribution is -0.142. The molecule has 1 aromatic carbocycles. The van der Waals surface area contributed by atoms with Gasteiger partial charge in [0, 0.05) is 29.3 Å². The Hall–Kier alpha value is -3.62. The number of fused-ring (bicyclic) bond motifs is 1. The van der Waals surface area contributed by atoms with Gasteiger partial charge in [0.25, 0.3) is 0 Å². The summed E-state index contributed by atoms with van der Waals surface area (Å²) in [6.07, 6.45) is -0.0416. The van der Waals surface area contributed by atoms with Crippen LogP contribution in [0.1, 0.15) is 25.3 Å². The molecule has 0 aliphatic heterocycles. The Bertz CT molecular complexity index is 1140. The summed E-state index contributed by atoms with van der Waals surface area (Å²) in [5, 5.41) is 27.1. The Morgan fingerprint density at radius 2 is 1.68 bits per heavy atom. The van der Waals surface area contributed by atoms with Crippen LogP contribution in [0.3, 0.4) is 0 Å². The predicted octanol–water partition coefficient (Wildman–Crippen LogP) is -1.85. The summed E-state index contributed by atoms with van der Waals surface area (Å²) in [6.45, 7) is 1.26. The van der Waals surface area contributed by atoms with Crippen molar-refractivity contribution in [2.24, 2.45) is 11.5 Å². The maximum atomic E-state index is 12.9. The summed E-state index contributed by atoms with van der Waals surface area (Å²) < 4.78 is 0. The highest BCUT2D eigenvalue weighted by atomic mass is 32.1. The molecule has 4 amide bonds. The number of aromatic amines is 1. The molecule has 5 atom stereocenters. The zero-order valence-electron chi connectivity index (χ0n) is 20.1. The zero-order valence-corrected chi connectivity index (χ0v) is 21.0. The van der Waals surface area contributed by atoms with Crippen molar-refractivity contribution in [2.45, 2.75) is 56.5 Å². The number of rotatable bonds is 14. The third-order valence-electron chi connectivity index (χ3n) is 5.62.